The number of hydrogen-bond acceptors (Lipinski definition) is 2. The van der Waals surface area contributed by atoms with Crippen LogP contribution in [-0.4, -0.2) is 22.5 Å². The first-order chi connectivity index (χ1) is 10.0. The van der Waals surface area contributed by atoms with E-state index in [2.05, 4.69) is 24.4 Å². The smallest absolute Gasteiger partial charge is 0.329 e. The summed E-state index contributed by atoms with van der Waals surface area (Å²) in [6.45, 7) is 2.05. The Morgan fingerprint density at radius 3 is 2.52 bits per heavy atom. The van der Waals surface area contributed by atoms with Gasteiger partial charge in [0.25, 0.3) is 0 Å². The van der Waals surface area contributed by atoms with Gasteiger partial charge in [0.15, 0.2) is 0 Å². The summed E-state index contributed by atoms with van der Waals surface area (Å²) in [6.07, 6.45) is 3.68. The molecule has 0 heterocycles. The molecule has 0 bridgehead atoms. The van der Waals surface area contributed by atoms with Gasteiger partial charge in [0.2, 0.25) is 5.91 Å². The SMILES string of the molecule is Cc1ccccc1C1CC1C(=O)NC1(C(=O)O)CCCC1. The third-order valence-electron chi connectivity index (χ3n) is 4.94. The van der Waals surface area contributed by atoms with Crippen LogP contribution in [0.5, 0.6) is 0 Å². The molecule has 4 heteroatoms. The van der Waals surface area contributed by atoms with E-state index < -0.39 is 11.5 Å². The van der Waals surface area contributed by atoms with Crippen molar-refractivity contribution in [3.8, 4) is 0 Å². The van der Waals surface area contributed by atoms with Gasteiger partial charge in [-0.15, -0.1) is 0 Å². The molecule has 2 unspecified atom stereocenters. The van der Waals surface area contributed by atoms with E-state index >= 15 is 0 Å². The molecule has 0 aromatic heterocycles. The van der Waals surface area contributed by atoms with Crippen molar-refractivity contribution in [2.24, 2.45) is 5.92 Å². The summed E-state index contributed by atoms with van der Waals surface area (Å²) in [6, 6.07) is 8.10. The van der Waals surface area contributed by atoms with Crippen molar-refractivity contribution in [1.29, 1.82) is 0 Å². The minimum absolute atomic E-state index is 0.0667. The van der Waals surface area contributed by atoms with Gasteiger partial charge in [-0.05, 0) is 43.2 Å². The van der Waals surface area contributed by atoms with E-state index in [1.807, 2.05) is 12.1 Å². The molecule has 2 atom stereocenters. The molecular weight excluding hydrogens is 266 g/mol. The van der Waals surface area contributed by atoms with Crippen LogP contribution in [0.3, 0.4) is 0 Å². The predicted molar refractivity (Wildman–Crippen MR) is 79.0 cm³/mol. The molecule has 0 spiro atoms. The van der Waals surface area contributed by atoms with Crippen LogP contribution in [0.15, 0.2) is 24.3 Å². The number of amides is 1. The number of rotatable bonds is 4. The Balaban J connectivity index is 1.68. The summed E-state index contributed by atoms with van der Waals surface area (Å²) in [7, 11) is 0. The number of hydrogen-bond donors (Lipinski definition) is 2. The lowest BCUT2D eigenvalue weighted by Crippen LogP contribution is -2.53. The molecule has 2 N–H and O–H groups in total. The number of carbonyl (C=O) groups excluding carboxylic acids is 1. The Labute approximate surface area is 124 Å². The highest BCUT2D eigenvalue weighted by atomic mass is 16.4. The van der Waals surface area contributed by atoms with E-state index in [1.165, 1.54) is 11.1 Å². The lowest BCUT2D eigenvalue weighted by atomic mass is 9.97. The molecular formula is C17H21NO3. The maximum absolute atomic E-state index is 12.4. The number of carboxylic acid groups (broad SMARTS) is 1. The molecule has 1 aromatic rings. The molecule has 112 valence electrons. The Hall–Kier alpha value is -1.84. The second-order valence-electron chi connectivity index (χ2n) is 6.39. The zero-order valence-corrected chi connectivity index (χ0v) is 12.3. The fourth-order valence-electron chi connectivity index (χ4n) is 3.53. The van der Waals surface area contributed by atoms with Gasteiger partial charge < -0.3 is 10.4 Å². The minimum atomic E-state index is -1.02. The van der Waals surface area contributed by atoms with Gasteiger partial charge in [-0.3, -0.25) is 4.79 Å². The molecule has 0 radical (unpaired) electrons. The fraction of sp³-hybridized carbons (Fsp3) is 0.529. The van der Waals surface area contributed by atoms with E-state index in [-0.39, 0.29) is 17.7 Å². The monoisotopic (exact) mass is 287 g/mol. The van der Waals surface area contributed by atoms with Gasteiger partial charge in [0, 0.05) is 5.92 Å². The Kier molecular flexibility index (Phi) is 3.47. The second-order valence-corrected chi connectivity index (χ2v) is 6.39. The molecule has 0 saturated heterocycles. The standard InChI is InChI=1S/C17H21NO3/c1-11-6-2-3-7-12(11)13-10-14(13)15(19)18-17(16(20)21)8-4-5-9-17/h2-3,6-7,13-14H,4-5,8-10H2,1H3,(H,18,19)(H,20,21). The molecule has 2 fully saturated rings. The minimum Gasteiger partial charge on any atom is -0.480 e. The molecule has 1 aromatic carbocycles. The Morgan fingerprint density at radius 1 is 1.24 bits per heavy atom. The van der Waals surface area contributed by atoms with Gasteiger partial charge in [0.05, 0.1) is 0 Å². The van der Waals surface area contributed by atoms with Crippen molar-refractivity contribution in [3.05, 3.63) is 35.4 Å². The van der Waals surface area contributed by atoms with E-state index in [4.69, 9.17) is 0 Å². The van der Waals surface area contributed by atoms with E-state index in [1.54, 1.807) is 0 Å². The lowest BCUT2D eigenvalue weighted by molar-refractivity contribution is -0.147. The Morgan fingerprint density at radius 2 is 1.90 bits per heavy atom. The summed E-state index contributed by atoms with van der Waals surface area (Å²) in [5.74, 6) is -0.796. The van der Waals surface area contributed by atoms with Crippen molar-refractivity contribution in [3.63, 3.8) is 0 Å². The van der Waals surface area contributed by atoms with Crippen molar-refractivity contribution >= 4 is 11.9 Å². The third kappa shape index (κ3) is 2.55. The van der Waals surface area contributed by atoms with E-state index in [0.717, 1.165) is 19.3 Å². The average molecular weight is 287 g/mol. The fourth-order valence-corrected chi connectivity index (χ4v) is 3.53. The van der Waals surface area contributed by atoms with Crippen molar-refractivity contribution in [1.82, 2.24) is 5.32 Å². The zero-order chi connectivity index (χ0) is 15.0. The summed E-state index contributed by atoms with van der Waals surface area (Å²) >= 11 is 0. The van der Waals surface area contributed by atoms with Crippen LogP contribution in [-0.2, 0) is 9.59 Å². The van der Waals surface area contributed by atoms with Gasteiger partial charge in [0.1, 0.15) is 5.54 Å². The quantitative estimate of drug-likeness (QED) is 0.894. The third-order valence-corrected chi connectivity index (χ3v) is 4.94. The molecule has 2 saturated carbocycles. The zero-order valence-electron chi connectivity index (χ0n) is 12.3. The summed E-state index contributed by atoms with van der Waals surface area (Å²) < 4.78 is 0. The highest BCUT2D eigenvalue weighted by Gasteiger charge is 2.49. The van der Waals surface area contributed by atoms with Gasteiger partial charge in [-0.25, -0.2) is 4.79 Å². The van der Waals surface area contributed by atoms with E-state index in [9.17, 15) is 14.7 Å². The van der Waals surface area contributed by atoms with Crippen LogP contribution in [0.4, 0.5) is 0 Å². The Bertz CT molecular complexity index is 575. The first-order valence-electron chi connectivity index (χ1n) is 7.64. The van der Waals surface area contributed by atoms with Gasteiger partial charge in [-0.2, -0.15) is 0 Å². The maximum atomic E-state index is 12.4. The van der Waals surface area contributed by atoms with Crippen LogP contribution in [0, 0.1) is 12.8 Å². The highest BCUT2D eigenvalue weighted by molar-refractivity contribution is 5.90. The van der Waals surface area contributed by atoms with E-state index in [0.29, 0.717) is 12.8 Å². The van der Waals surface area contributed by atoms with Crippen LogP contribution >= 0.6 is 0 Å². The highest BCUT2D eigenvalue weighted by Crippen LogP contribution is 2.49. The average Bonchev–Trinajstić information content (AvgIpc) is 3.11. The number of carbonyl (C=O) groups is 2. The predicted octanol–water partition coefficient (Wildman–Crippen LogP) is 2.61. The van der Waals surface area contributed by atoms with Crippen molar-refractivity contribution in [2.45, 2.75) is 50.5 Å². The van der Waals surface area contributed by atoms with Crippen LogP contribution in [0.1, 0.15) is 49.1 Å². The van der Waals surface area contributed by atoms with Crippen LogP contribution < -0.4 is 5.32 Å². The normalized spacial score (nSPS) is 26.3. The van der Waals surface area contributed by atoms with Gasteiger partial charge >= 0.3 is 5.97 Å². The molecule has 2 aliphatic rings. The lowest BCUT2D eigenvalue weighted by Gasteiger charge is -2.25. The number of aryl methyl sites for hydroxylation is 1. The second kappa shape index (κ2) is 5.17. The first-order valence-corrected chi connectivity index (χ1v) is 7.64. The van der Waals surface area contributed by atoms with Crippen LogP contribution in [0.25, 0.3) is 0 Å². The molecule has 3 rings (SSSR count). The molecule has 0 aliphatic heterocycles. The van der Waals surface area contributed by atoms with Gasteiger partial charge in [-0.1, -0.05) is 37.1 Å². The summed E-state index contributed by atoms with van der Waals surface area (Å²) in [5.41, 5.74) is 1.40. The first kappa shape index (κ1) is 14.1. The summed E-state index contributed by atoms with van der Waals surface area (Å²) in [5, 5.41) is 12.3. The number of carboxylic acids is 1. The topological polar surface area (TPSA) is 66.4 Å². The number of nitrogens with one attached hydrogen (secondary N) is 1. The molecule has 1 amide bonds. The molecule has 21 heavy (non-hydrogen) atoms. The largest absolute Gasteiger partial charge is 0.480 e. The maximum Gasteiger partial charge on any atom is 0.329 e. The number of benzene rings is 1. The van der Waals surface area contributed by atoms with Crippen LogP contribution in [0.2, 0.25) is 0 Å². The number of aliphatic carboxylic acids is 1. The van der Waals surface area contributed by atoms with Crippen molar-refractivity contribution < 1.29 is 14.7 Å². The summed E-state index contributed by atoms with van der Waals surface area (Å²) in [4.78, 5) is 23.9. The van der Waals surface area contributed by atoms with Crippen molar-refractivity contribution in [2.75, 3.05) is 0 Å². The molecule has 4 nitrogen and oxygen atoms in total. The molecule has 2 aliphatic carbocycles.